The van der Waals surface area contributed by atoms with Crippen molar-refractivity contribution in [3.05, 3.63) is 66.5 Å². The predicted octanol–water partition coefficient (Wildman–Crippen LogP) is 4.11. The summed E-state index contributed by atoms with van der Waals surface area (Å²) in [5.41, 5.74) is -2.38. The summed E-state index contributed by atoms with van der Waals surface area (Å²) in [4.78, 5) is 38.2. The van der Waals surface area contributed by atoms with E-state index in [1.807, 2.05) is 0 Å². The summed E-state index contributed by atoms with van der Waals surface area (Å²) in [5, 5.41) is 2.98. The van der Waals surface area contributed by atoms with Gasteiger partial charge in [-0.1, -0.05) is 12.1 Å². The molecular formula is C22H20F3N5O2S. The van der Waals surface area contributed by atoms with E-state index in [-0.39, 0.29) is 46.3 Å². The van der Waals surface area contributed by atoms with Gasteiger partial charge in [-0.15, -0.1) is 0 Å². The molecule has 0 saturated carbocycles. The average Bonchev–Trinajstić information content (AvgIpc) is 2.77. The first-order chi connectivity index (χ1) is 15.6. The van der Waals surface area contributed by atoms with Crippen LogP contribution >= 0.6 is 11.8 Å². The minimum Gasteiger partial charge on any atom is -0.312 e. The van der Waals surface area contributed by atoms with E-state index in [2.05, 4.69) is 20.3 Å². The van der Waals surface area contributed by atoms with Crippen LogP contribution in [-0.2, 0) is 11.3 Å². The molecular weight excluding hydrogens is 455 g/mol. The summed E-state index contributed by atoms with van der Waals surface area (Å²) < 4.78 is 38.2. The lowest BCUT2D eigenvalue weighted by Crippen LogP contribution is -2.36. The first-order valence-corrected chi connectivity index (χ1v) is 10.5. The molecule has 1 N–H and O–H groups in total. The number of likely N-dealkylation sites (N-methyl/N-ethyl adjacent to an activating group) is 1. The van der Waals surface area contributed by atoms with Crippen molar-refractivity contribution in [2.24, 2.45) is 0 Å². The van der Waals surface area contributed by atoms with Crippen LogP contribution in [-0.4, -0.2) is 45.7 Å². The molecule has 0 saturated heterocycles. The molecule has 0 aliphatic heterocycles. The van der Waals surface area contributed by atoms with Crippen LogP contribution in [0.25, 0.3) is 11.1 Å². The minimum atomic E-state index is -4.41. The highest BCUT2D eigenvalue weighted by atomic mass is 32.2. The number of halogens is 3. The largest absolute Gasteiger partial charge is 0.446 e. The quantitative estimate of drug-likeness (QED) is 0.388. The van der Waals surface area contributed by atoms with Crippen LogP contribution in [0.3, 0.4) is 0 Å². The Bertz CT molecular complexity index is 1140. The number of pyridine rings is 1. The molecule has 7 nitrogen and oxygen atoms in total. The van der Waals surface area contributed by atoms with Gasteiger partial charge in [0.05, 0.1) is 17.9 Å². The van der Waals surface area contributed by atoms with Gasteiger partial charge in [0.1, 0.15) is 12.0 Å². The van der Waals surface area contributed by atoms with Crippen LogP contribution in [0.15, 0.2) is 60.0 Å². The Morgan fingerprint density at radius 3 is 2.58 bits per heavy atom. The van der Waals surface area contributed by atoms with Gasteiger partial charge < -0.3 is 10.2 Å². The van der Waals surface area contributed by atoms with Crippen LogP contribution < -0.4 is 10.2 Å². The van der Waals surface area contributed by atoms with E-state index in [9.17, 15) is 22.8 Å². The highest BCUT2D eigenvalue weighted by Gasteiger charge is 2.29. The zero-order valence-corrected chi connectivity index (χ0v) is 18.6. The average molecular weight is 475 g/mol. The van der Waals surface area contributed by atoms with E-state index in [0.717, 1.165) is 0 Å². The first kappa shape index (κ1) is 24.3. The Labute approximate surface area is 192 Å². The maximum atomic E-state index is 12.7. The van der Waals surface area contributed by atoms with E-state index in [1.165, 1.54) is 49.6 Å². The number of Topliss-reactive ketones (excluding diaryl/α,β-unsaturated/α-hetero) is 1. The maximum Gasteiger partial charge on any atom is 0.446 e. The van der Waals surface area contributed by atoms with Gasteiger partial charge in [-0.25, -0.2) is 9.97 Å². The van der Waals surface area contributed by atoms with Gasteiger partial charge in [-0.05, 0) is 41.6 Å². The Morgan fingerprint density at radius 1 is 1.12 bits per heavy atom. The minimum absolute atomic E-state index is 0.0237. The van der Waals surface area contributed by atoms with E-state index >= 15 is 0 Å². The third-order valence-corrected chi connectivity index (χ3v) is 5.28. The monoisotopic (exact) mass is 475 g/mol. The molecule has 0 aliphatic rings. The second-order valence-corrected chi connectivity index (χ2v) is 8.12. The van der Waals surface area contributed by atoms with E-state index in [0.29, 0.717) is 23.4 Å². The molecule has 11 heteroatoms. The molecule has 0 spiro atoms. The summed E-state index contributed by atoms with van der Waals surface area (Å²) in [5.74, 6) is -0.668. The third kappa shape index (κ3) is 6.83. The van der Waals surface area contributed by atoms with Crippen LogP contribution in [0.5, 0.6) is 0 Å². The Balaban J connectivity index is 1.82. The van der Waals surface area contributed by atoms with Crippen LogP contribution in [0.1, 0.15) is 23.1 Å². The number of carbonyl (C=O) groups is 2. The van der Waals surface area contributed by atoms with Gasteiger partial charge in [0, 0.05) is 43.4 Å². The van der Waals surface area contributed by atoms with Gasteiger partial charge >= 0.3 is 5.51 Å². The molecule has 1 amide bonds. The molecule has 0 unspecified atom stereocenters. The lowest BCUT2D eigenvalue weighted by atomic mass is 10.1. The number of anilines is 1. The zero-order valence-electron chi connectivity index (χ0n) is 17.8. The number of ketones is 1. The molecule has 0 fully saturated rings. The van der Waals surface area contributed by atoms with Crippen molar-refractivity contribution < 1.29 is 22.8 Å². The number of nitrogens with zero attached hydrogens (tertiary/aromatic N) is 4. The number of carbonyl (C=O) groups excluding carboxylic acids is 2. The summed E-state index contributed by atoms with van der Waals surface area (Å²) in [6, 6.07) is 9.18. The fourth-order valence-corrected chi connectivity index (χ4v) is 3.58. The summed E-state index contributed by atoms with van der Waals surface area (Å²) in [7, 11) is 1.51. The lowest BCUT2D eigenvalue weighted by Gasteiger charge is -2.20. The van der Waals surface area contributed by atoms with E-state index < -0.39 is 5.51 Å². The van der Waals surface area contributed by atoms with E-state index in [1.54, 1.807) is 24.4 Å². The van der Waals surface area contributed by atoms with Crippen LogP contribution in [0, 0.1) is 0 Å². The number of aromatic nitrogens is 3. The normalized spacial score (nSPS) is 11.3. The molecule has 0 bridgehead atoms. The lowest BCUT2D eigenvalue weighted by molar-refractivity contribution is -0.117. The van der Waals surface area contributed by atoms with Crippen molar-refractivity contribution in [1.29, 1.82) is 0 Å². The Hall–Kier alpha value is -3.31. The molecule has 0 atom stereocenters. The van der Waals surface area contributed by atoms with Crippen molar-refractivity contribution in [2.45, 2.75) is 23.9 Å². The number of amides is 1. The van der Waals surface area contributed by atoms with Gasteiger partial charge in [-0.3, -0.25) is 14.6 Å². The predicted molar refractivity (Wildman–Crippen MR) is 119 cm³/mol. The highest BCUT2D eigenvalue weighted by molar-refractivity contribution is 8.00. The zero-order chi connectivity index (χ0) is 24.0. The van der Waals surface area contributed by atoms with Gasteiger partial charge in [0.2, 0.25) is 5.91 Å². The SMILES string of the molecule is CC(=O)c1ncc(-c2cccc(SC(F)(F)F)c2)cc1N(C)C(=O)CNCc1ccncn1. The van der Waals surface area contributed by atoms with Gasteiger partial charge in [-0.2, -0.15) is 13.2 Å². The molecule has 3 rings (SSSR count). The first-order valence-electron chi connectivity index (χ1n) is 9.73. The third-order valence-electron chi connectivity index (χ3n) is 4.56. The molecule has 1 aromatic carbocycles. The second-order valence-electron chi connectivity index (χ2n) is 6.98. The number of hydrogen-bond donors (Lipinski definition) is 1. The summed E-state index contributed by atoms with van der Waals surface area (Å²) in [6.07, 6.45) is 4.41. The van der Waals surface area contributed by atoms with Crippen molar-refractivity contribution in [3.8, 4) is 11.1 Å². The molecule has 33 heavy (non-hydrogen) atoms. The molecule has 2 heterocycles. The smallest absolute Gasteiger partial charge is 0.312 e. The fraction of sp³-hybridized carbons (Fsp3) is 0.227. The van der Waals surface area contributed by atoms with Crippen LogP contribution in [0.2, 0.25) is 0 Å². The van der Waals surface area contributed by atoms with E-state index in [4.69, 9.17) is 0 Å². The van der Waals surface area contributed by atoms with Gasteiger partial charge in [0.25, 0.3) is 0 Å². The molecule has 0 aliphatic carbocycles. The van der Waals surface area contributed by atoms with Gasteiger partial charge in [0.15, 0.2) is 5.78 Å². The summed E-state index contributed by atoms with van der Waals surface area (Å²) in [6.45, 7) is 1.65. The van der Waals surface area contributed by atoms with Crippen LogP contribution in [0.4, 0.5) is 18.9 Å². The standard InChI is InChI=1S/C22H20F3N5O2S/c1-14(31)21-19(30(2)20(32)12-27-11-17-6-7-26-13-29-17)9-16(10-28-21)15-4-3-5-18(8-15)33-22(23,24)25/h3-10,13,27H,11-12H2,1-2H3. The summed E-state index contributed by atoms with van der Waals surface area (Å²) >= 11 is -0.216. The van der Waals surface area contributed by atoms with Crippen molar-refractivity contribution in [2.75, 3.05) is 18.5 Å². The number of rotatable bonds is 8. The Kier molecular flexibility index (Phi) is 7.77. The number of thioether (sulfide) groups is 1. The highest BCUT2D eigenvalue weighted by Crippen LogP contribution is 2.38. The number of hydrogen-bond acceptors (Lipinski definition) is 7. The molecule has 3 aromatic rings. The number of nitrogens with one attached hydrogen (secondary N) is 1. The van der Waals surface area contributed by atoms with Crippen molar-refractivity contribution in [1.82, 2.24) is 20.3 Å². The molecule has 0 radical (unpaired) electrons. The maximum absolute atomic E-state index is 12.7. The molecule has 2 aromatic heterocycles. The number of alkyl halides is 3. The second kappa shape index (κ2) is 10.5. The number of benzene rings is 1. The molecule has 172 valence electrons. The fourth-order valence-electron chi connectivity index (χ4n) is 2.98. The van der Waals surface area contributed by atoms with Crippen molar-refractivity contribution >= 4 is 29.1 Å². The van der Waals surface area contributed by atoms with Crippen molar-refractivity contribution in [3.63, 3.8) is 0 Å². The topological polar surface area (TPSA) is 88.1 Å². The Morgan fingerprint density at radius 2 is 1.91 bits per heavy atom.